The van der Waals surface area contributed by atoms with Gasteiger partial charge in [0.25, 0.3) is 0 Å². The lowest BCUT2D eigenvalue weighted by Crippen LogP contribution is -2.54. The van der Waals surface area contributed by atoms with E-state index in [-0.39, 0.29) is 11.6 Å². The van der Waals surface area contributed by atoms with E-state index in [9.17, 15) is 0 Å². The highest BCUT2D eigenvalue weighted by atomic mass is 15.1. The molecule has 2 heterocycles. The summed E-state index contributed by atoms with van der Waals surface area (Å²) in [6, 6.07) is 4.26. The van der Waals surface area contributed by atoms with Crippen LogP contribution in [0, 0.1) is 11.3 Å². The minimum Gasteiger partial charge on any atom is -0.366 e. The Hall–Kier alpha value is -2.46. The summed E-state index contributed by atoms with van der Waals surface area (Å²) in [5, 5.41) is 16.5. The minimum absolute atomic E-state index is 0.0951. The van der Waals surface area contributed by atoms with Gasteiger partial charge in [0.05, 0.1) is 0 Å². The van der Waals surface area contributed by atoms with Crippen molar-refractivity contribution in [3.05, 3.63) is 18.0 Å². The first-order valence-corrected chi connectivity index (χ1v) is 7.76. The maximum Gasteiger partial charge on any atom is 0.223 e. The number of hydrogen-bond donors (Lipinski definition) is 3. The van der Waals surface area contributed by atoms with Crippen LogP contribution >= 0.6 is 0 Å². The highest BCUT2D eigenvalue weighted by Gasteiger charge is 2.37. The smallest absolute Gasteiger partial charge is 0.223 e. The highest BCUT2D eigenvalue weighted by molar-refractivity contribution is 5.89. The van der Waals surface area contributed by atoms with Crippen molar-refractivity contribution in [1.29, 1.82) is 5.26 Å². The van der Waals surface area contributed by atoms with Crippen LogP contribution < -0.4 is 16.4 Å². The van der Waals surface area contributed by atoms with Crippen LogP contribution in [0.2, 0.25) is 0 Å². The van der Waals surface area contributed by atoms with Gasteiger partial charge in [0.1, 0.15) is 17.3 Å². The Labute approximate surface area is 135 Å². The second kappa shape index (κ2) is 5.63. The van der Waals surface area contributed by atoms with Crippen molar-refractivity contribution in [1.82, 2.24) is 15.0 Å². The molecular formula is C16H21N7. The molecule has 120 valence electrons. The molecule has 1 aliphatic rings. The molecule has 3 rings (SSSR count). The summed E-state index contributed by atoms with van der Waals surface area (Å²) >= 11 is 0. The number of nitrogens with one attached hydrogen (secondary N) is 2. The summed E-state index contributed by atoms with van der Waals surface area (Å²) in [5.74, 6) is 1.17. The third-order valence-electron chi connectivity index (χ3n) is 3.86. The maximum atomic E-state index is 9.11. The number of hydrogen-bond acceptors (Lipinski definition) is 7. The Morgan fingerprint density at radius 3 is 2.74 bits per heavy atom. The molecule has 7 nitrogen and oxygen atoms in total. The van der Waals surface area contributed by atoms with Crippen molar-refractivity contribution in [2.45, 2.75) is 51.2 Å². The number of pyridine rings is 1. The Kier molecular flexibility index (Phi) is 3.78. The zero-order valence-electron chi connectivity index (χ0n) is 13.6. The van der Waals surface area contributed by atoms with Crippen LogP contribution in [0.15, 0.2) is 12.3 Å². The molecule has 0 saturated heterocycles. The van der Waals surface area contributed by atoms with E-state index in [1.807, 2.05) is 20.8 Å². The Bertz CT molecular complexity index is 768. The van der Waals surface area contributed by atoms with Gasteiger partial charge in [-0.3, -0.25) is 0 Å². The normalized spacial score (nSPS) is 23.4. The van der Waals surface area contributed by atoms with Gasteiger partial charge in [0, 0.05) is 29.2 Å². The van der Waals surface area contributed by atoms with E-state index in [2.05, 4.69) is 31.7 Å². The van der Waals surface area contributed by atoms with Crippen molar-refractivity contribution in [2.75, 3.05) is 10.6 Å². The van der Waals surface area contributed by atoms with Gasteiger partial charge in [-0.2, -0.15) is 5.26 Å². The van der Waals surface area contributed by atoms with Gasteiger partial charge in [-0.1, -0.05) is 0 Å². The SMILES string of the molecule is CC(C)Nc1nc(C#N)cc2cnc(NC3CC(C)(N)C3)nc12. The molecule has 1 fully saturated rings. The molecule has 7 heteroatoms. The van der Waals surface area contributed by atoms with Crippen molar-refractivity contribution in [3.8, 4) is 6.07 Å². The molecule has 2 aromatic rings. The van der Waals surface area contributed by atoms with E-state index in [0.29, 0.717) is 29.0 Å². The summed E-state index contributed by atoms with van der Waals surface area (Å²) in [7, 11) is 0. The number of fused-ring (bicyclic) bond motifs is 1. The second-order valence-corrected chi connectivity index (χ2v) is 6.80. The number of nitriles is 1. The van der Waals surface area contributed by atoms with Gasteiger partial charge in [0.15, 0.2) is 5.82 Å². The van der Waals surface area contributed by atoms with Gasteiger partial charge in [-0.25, -0.2) is 15.0 Å². The van der Waals surface area contributed by atoms with Crippen molar-refractivity contribution in [3.63, 3.8) is 0 Å². The van der Waals surface area contributed by atoms with Crippen LogP contribution in [0.3, 0.4) is 0 Å². The Balaban J connectivity index is 1.92. The van der Waals surface area contributed by atoms with E-state index in [1.54, 1.807) is 12.3 Å². The summed E-state index contributed by atoms with van der Waals surface area (Å²) in [6.45, 7) is 6.08. The first-order chi connectivity index (χ1) is 10.9. The van der Waals surface area contributed by atoms with Crippen LogP contribution in [0.5, 0.6) is 0 Å². The average molecular weight is 311 g/mol. The Morgan fingerprint density at radius 1 is 1.39 bits per heavy atom. The van der Waals surface area contributed by atoms with E-state index >= 15 is 0 Å². The molecular weight excluding hydrogens is 290 g/mol. The minimum atomic E-state index is -0.0951. The summed E-state index contributed by atoms with van der Waals surface area (Å²) in [4.78, 5) is 13.2. The van der Waals surface area contributed by atoms with Crippen molar-refractivity contribution >= 4 is 22.7 Å². The molecule has 0 atom stereocenters. The van der Waals surface area contributed by atoms with Gasteiger partial charge in [-0.15, -0.1) is 0 Å². The maximum absolute atomic E-state index is 9.11. The monoisotopic (exact) mass is 311 g/mol. The first-order valence-electron chi connectivity index (χ1n) is 7.76. The summed E-state index contributed by atoms with van der Waals surface area (Å²) in [6.07, 6.45) is 3.52. The van der Waals surface area contributed by atoms with E-state index < -0.39 is 0 Å². The summed E-state index contributed by atoms with van der Waals surface area (Å²) in [5.41, 5.74) is 7.00. The zero-order valence-corrected chi connectivity index (χ0v) is 13.6. The first kappa shape index (κ1) is 15.4. The van der Waals surface area contributed by atoms with E-state index in [0.717, 1.165) is 18.2 Å². The summed E-state index contributed by atoms with van der Waals surface area (Å²) < 4.78 is 0. The fourth-order valence-corrected chi connectivity index (χ4v) is 2.89. The molecule has 0 aromatic carbocycles. The lowest BCUT2D eigenvalue weighted by atomic mass is 9.75. The molecule has 0 unspecified atom stereocenters. The zero-order chi connectivity index (χ0) is 16.6. The molecule has 1 aliphatic carbocycles. The standard InChI is InChI=1S/C16H21N7/c1-9(2)20-14-13-10(4-11(7-17)21-14)8-19-15(23-13)22-12-5-16(3,18)6-12/h4,8-9,12H,5-6,18H2,1-3H3,(H,20,21)(H,19,22,23). The van der Waals surface area contributed by atoms with Crippen LogP contribution in [0.25, 0.3) is 10.9 Å². The number of nitrogens with two attached hydrogens (primary N) is 1. The molecule has 2 aromatic heterocycles. The topological polar surface area (TPSA) is 113 Å². The number of anilines is 2. The average Bonchev–Trinajstić information content (AvgIpc) is 2.45. The lowest BCUT2D eigenvalue weighted by Gasteiger charge is -2.42. The molecule has 0 aliphatic heterocycles. The molecule has 0 amide bonds. The van der Waals surface area contributed by atoms with Crippen LogP contribution in [0.1, 0.15) is 39.3 Å². The van der Waals surface area contributed by atoms with E-state index in [4.69, 9.17) is 11.0 Å². The van der Waals surface area contributed by atoms with Crippen LogP contribution in [-0.4, -0.2) is 32.6 Å². The quantitative estimate of drug-likeness (QED) is 0.791. The predicted octanol–water partition coefficient (Wildman–Crippen LogP) is 2.01. The number of aromatic nitrogens is 3. The van der Waals surface area contributed by atoms with E-state index in [1.165, 1.54) is 0 Å². The lowest BCUT2D eigenvalue weighted by molar-refractivity contribution is 0.247. The number of nitrogens with zero attached hydrogens (tertiary/aromatic N) is 4. The van der Waals surface area contributed by atoms with Crippen molar-refractivity contribution in [2.24, 2.45) is 5.73 Å². The predicted molar refractivity (Wildman–Crippen MR) is 90.0 cm³/mol. The molecule has 4 N–H and O–H groups in total. The highest BCUT2D eigenvalue weighted by Crippen LogP contribution is 2.31. The molecule has 0 spiro atoms. The fraction of sp³-hybridized carbons (Fsp3) is 0.500. The molecule has 0 radical (unpaired) electrons. The fourth-order valence-electron chi connectivity index (χ4n) is 2.89. The third-order valence-corrected chi connectivity index (χ3v) is 3.86. The largest absolute Gasteiger partial charge is 0.366 e. The van der Waals surface area contributed by atoms with Crippen molar-refractivity contribution < 1.29 is 0 Å². The van der Waals surface area contributed by atoms with Gasteiger partial charge in [0.2, 0.25) is 5.95 Å². The van der Waals surface area contributed by atoms with Crippen LogP contribution in [-0.2, 0) is 0 Å². The second-order valence-electron chi connectivity index (χ2n) is 6.80. The molecule has 23 heavy (non-hydrogen) atoms. The van der Waals surface area contributed by atoms with Gasteiger partial charge < -0.3 is 16.4 Å². The number of rotatable bonds is 4. The third kappa shape index (κ3) is 3.32. The Morgan fingerprint density at radius 2 is 2.13 bits per heavy atom. The molecule has 0 bridgehead atoms. The van der Waals surface area contributed by atoms with Crippen LogP contribution in [0.4, 0.5) is 11.8 Å². The van der Waals surface area contributed by atoms with Gasteiger partial charge >= 0.3 is 0 Å². The van der Waals surface area contributed by atoms with Gasteiger partial charge in [-0.05, 0) is 39.7 Å². The molecule has 1 saturated carbocycles.